The van der Waals surface area contributed by atoms with Gasteiger partial charge in [0.2, 0.25) is 5.91 Å². The second kappa shape index (κ2) is 5.80. The minimum Gasteiger partial charge on any atom is -0.350 e. The van der Waals surface area contributed by atoms with Crippen LogP contribution in [-0.2, 0) is 10.2 Å². The zero-order valence-corrected chi connectivity index (χ0v) is 13.9. The highest BCUT2D eigenvalue weighted by molar-refractivity contribution is 5.78. The van der Waals surface area contributed by atoms with Crippen molar-refractivity contribution in [1.29, 1.82) is 0 Å². The molecule has 0 bridgehead atoms. The van der Waals surface area contributed by atoms with E-state index in [0.717, 1.165) is 12.8 Å². The van der Waals surface area contributed by atoms with Gasteiger partial charge in [0, 0.05) is 11.6 Å². The Balaban J connectivity index is 2.04. The number of fused-ring (bicyclic) bond motifs is 1. The van der Waals surface area contributed by atoms with Gasteiger partial charge in [-0.05, 0) is 50.2 Å². The van der Waals surface area contributed by atoms with Crippen molar-refractivity contribution in [1.82, 2.24) is 10.6 Å². The number of carbonyl (C=O) groups excluding carboxylic acids is 1. The first-order valence-corrected chi connectivity index (χ1v) is 7.83. The lowest BCUT2D eigenvalue weighted by Gasteiger charge is -2.37. The normalized spacial score (nSPS) is 20.7. The molecule has 0 aromatic heterocycles. The quantitative estimate of drug-likeness (QED) is 0.896. The Bertz CT molecular complexity index is 514. The topological polar surface area (TPSA) is 41.1 Å². The molecule has 0 heterocycles. The third-order valence-electron chi connectivity index (χ3n) is 4.15. The van der Waals surface area contributed by atoms with Crippen LogP contribution in [0.3, 0.4) is 0 Å². The first-order chi connectivity index (χ1) is 9.69. The minimum absolute atomic E-state index is 0.0600. The molecule has 2 N–H and O–H groups in total. The molecule has 1 atom stereocenters. The van der Waals surface area contributed by atoms with Gasteiger partial charge in [0.1, 0.15) is 0 Å². The average Bonchev–Trinajstić information content (AvgIpc) is 2.36. The third kappa shape index (κ3) is 4.07. The van der Waals surface area contributed by atoms with Crippen LogP contribution in [0.4, 0.5) is 0 Å². The van der Waals surface area contributed by atoms with E-state index >= 15 is 0 Å². The van der Waals surface area contributed by atoms with E-state index in [1.54, 1.807) is 0 Å². The molecule has 0 radical (unpaired) electrons. The zero-order valence-electron chi connectivity index (χ0n) is 13.9. The Kier molecular flexibility index (Phi) is 4.43. The van der Waals surface area contributed by atoms with Crippen molar-refractivity contribution in [3.8, 4) is 0 Å². The van der Waals surface area contributed by atoms with Crippen molar-refractivity contribution in [2.24, 2.45) is 0 Å². The van der Waals surface area contributed by atoms with Gasteiger partial charge in [-0.1, -0.05) is 38.1 Å². The van der Waals surface area contributed by atoms with Gasteiger partial charge in [-0.2, -0.15) is 0 Å². The summed E-state index contributed by atoms with van der Waals surface area (Å²) in [6, 6.07) is 8.88. The summed E-state index contributed by atoms with van der Waals surface area (Å²) in [6.07, 6.45) is 2.22. The first kappa shape index (κ1) is 16.0. The van der Waals surface area contributed by atoms with Crippen LogP contribution in [0.25, 0.3) is 0 Å². The second-order valence-electron chi connectivity index (χ2n) is 7.74. The molecule has 0 saturated carbocycles. The van der Waals surface area contributed by atoms with E-state index in [1.807, 2.05) is 20.8 Å². The van der Waals surface area contributed by atoms with Gasteiger partial charge in [-0.25, -0.2) is 0 Å². The van der Waals surface area contributed by atoms with Gasteiger partial charge in [-0.15, -0.1) is 0 Å². The van der Waals surface area contributed by atoms with Crippen LogP contribution < -0.4 is 10.6 Å². The zero-order chi connectivity index (χ0) is 15.7. The molecule has 21 heavy (non-hydrogen) atoms. The third-order valence-corrected chi connectivity index (χ3v) is 4.15. The molecule has 1 amide bonds. The summed E-state index contributed by atoms with van der Waals surface area (Å²) in [7, 11) is 0. The number of benzene rings is 1. The Morgan fingerprint density at radius 1 is 1.29 bits per heavy atom. The monoisotopic (exact) mass is 288 g/mol. The van der Waals surface area contributed by atoms with Gasteiger partial charge < -0.3 is 10.6 Å². The molecule has 0 fully saturated rings. The van der Waals surface area contributed by atoms with Crippen molar-refractivity contribution in [3.05, 3.63) is 35.4 Å². The fraction of sp³-hybridized carbons (Fsp3) is 0.611. The van der Waals surface area contributed by atoms with Gasteiger partial charge in [-0.3, -0.25) is 4.79 Å². The molecule has 0 saturated heterocycles. The van der Waals surface area contributed by atoms with Crippen molar-refractivity contribution >= 4 is 5.91 Å². The maximum atomic E-state index is 12.0. The highest BCUT2D eigenvalue weighted by atomic mass is 16.2. The molecule has 1 aromatic rings. The van der Waals surface area contributed by atoms with Crippen molar-refractivity contribution in [2.45, 2.75) is 64.5 Å². The van der Waals surface area contributed by atoms with Crippen LogP contribution in [0, 0.1) is 0 Å². The predicted octanol–water partition coefficient (Wildman–Crippen LogP) is 3.30. The van der Waals surface area contributed by atoms with Crippen LogP contribution >= 0.6 is 0 Å². The van der Waals surface area contributed by atoms with Crippen molar-refractivity contribution in [2.75, 3.05) is 6.54 Å². The average molecular weight is 288 g/mol. The SMILES string of the molecule is CC(C)(C)NC(=O)CNC1CCC(C)(C)c2ccccc21. The molecule has 116 valence electrons. The molecule has 2 rings (SSSR count). The second-order valence-corrected chi connectivity index (χ2v) is 7.74. The van der Waals surface area contributed by atoms with E-state index < -0.39 is 0 Å². The van der Waals surface area contributed by atoms with Crippen LogP contribution in [0.1, 0.15) is 64.6 Å². The van der Waals surface area contributed by atoms with E-state index in [2.05, 4.69) is 48.7 Å². The van der Waals surface area contributed by atoms with E-state index in [-0.39, 0.29) is 22.9 Å². The van der Waals surface area contributed by atoms with Gasteiger partial charge >= 0.3 is 0 Å². The molecule has 1 unspecified atom stereocenters. The number of amides is 1. The van der Waals surface area contributed by atoms with Gasteiger partial charge in [0.25, 0.3) is 0 Å². The minimum atomic E-state index is -0.175. The van der Waals surface area contributed by atoms with Crippen LogP contribution in [0.2, 0.25) is 0 Å². The maximum absolute atomic E-state index is 12.0. The number of rotatable bonds is 3. The van der Waals surface area contributed by atoms with Crippen LogP contribution in [-0.4, -0.2) is 18.0 Å². The Morgan fingerprint density at radius 2 is 1.95 bits per heavy atom. The summed E-state index contributed by atoms with van der Waals surface area (Å²) in [5, 5.41) is 6.42. The summed E-state index contributed by atoms with van der Waals surface area (Å²) in [4.78, 5) is 12.0. The van der Waals surface area contributed by atoms with E-state index in [4.69, 9.17) is 0 Å². The summed E-state index contributed by atoms with van der Waals surface area (Å²) in [5.74, 6) is 0.0600. The number of nitrogens with one attached hydrogen (secondary N) is 2. The molecule has 1 aromatic carbocycles. The van der Waals surface area contributed by atoms with Crippen molar-refractivity contribution < 1.29 is 4.79 Å². The van der Waals surface area contributed by atoms with Gasteiger partial charge in [0.15, 0.2) is 0 Å². The molecular weight excluding hydrogens is 260 g/mol. The summed E-state index contributed by atoms with van der Waals surface area (Å²) >= 11 is 0. The lowest BCUT2D eigenvalue weighted by Crippen LogP contribution is -2.46. The summed E-state index contributed by atoms with van der Waals surface area (Å²) < 4.78 is 0. The van der Waals surface area contributed by atoms with E-state index in [0.29, 0.717) is 6.54 Å². The molecule has 1 aliphatic rings. The standard InChI is InChI=1S/C18H28N2O/c1-17(2,3)20-16(21)12-19-15-10-11-18(4,5)14-9-7-6-8-13(14)15/h6-9,15,19H,10-12H2,1-5H3,(H,20,21). The first-order valence-electron chi connectivity index (χ1n) is 7.83. The van der Waals surface area contributed by atoms with Crippen molar-refractivity contribution in [3.63, 3.8) is 0 Å². The summed E-state index contributed by atoms with van der Waals surface area (Å²) in [5.41, 5.74) is 2.80. The Morgan fingerprint density at radius 3 is 2.62 bits per heavy atom. The number of hydrogen-bond acceptors (Lipinski definition) is 2. The maximum Gasteiger partial charge on any atom is 0.234 e. The lowest BCUT2D eigenvalue weighted by molar-refractivity contribution is -0.121. The highest BCUT2D eigenvalue weighted by Crippen LogP contribution is 2.41. The van der Waals surface area contributed by atoms with Crippen LogP contribution in [0.5, 0.6) is 0 Å². The molecule has 0 aliphatic heterocycles. The molecule has 0 spiro atoms. The highest BCUT2D eigenvalue weighted by Gasteiger charge is 2.32. The number of carbonyl (C=O) groups is 1. The fourth-order valence-electron chi connectivity index (χ4n) is 3.10. The fourth-order valence-corrected chi connectivity index (χ4v) is 3.10. The van der Waals surface area contributed by atoms with E-state index in [9.17, 15) is 4.79 Å². The Labute approximate surface area is 128 Å². The van der Waals surface area contributed by atoms with E-state index in [1.165, 1.54) is 11.1 Å². The predicted molar refractivity (Wildman–Crippen MR) is 87.3 cm³/mol. The molecule has 3 heteroatoms. The smallest absolute Gasteiger partial charge is 0.234 e. The van der Waals surface area contributed by atoms with Gasteiger partial charge in [0.05, 0.1) is 6.54 Å². The number of hydrogen-bond donors (Lipinski definition) is 2. The lowest BCUT2D eigenvalue weighted by atomic mass is 9.71. The molecule has 3 nitrogen and oxygen atoms in total. The largest absolute Gasteiger partial charge is 0.350 e. The Hall–Kier alpha value is -1.35. The molecule has 1 aliphatic carbocycles. The molecular formula is C18H28N2O. The van der Waals surface area contributed by atoms with Crippen LogP contribution in [0.15, 0.2) is 24.3 Å². The summed E-state index contributed by atoms with van der Waals surface area (Å²) in [6.45, 7) is 11.0.